The second-order valence-corrected chi connectivity index (χ2v) is 5.41. The standard InChI is InChI=1S/C15H18O4/c1-18-13-7-11-9-19-8-10(11)6-12(13)15(14(16)17)4-2-3-5-15/h6-7H,2-5,8-9H2,1H3,(H,16,17). The molecule has 4 heteroatoms. The van der Waals surface area contributed by atoms with E-state index in [1.165, 1.54) is 0 Å². The molecule has 0 unspecified atom stereocenters. The minimum Gasteiger partial charge on any atom is -0.496 e. The monoisotopic (exact) mass is 262 g/mol. The van der Waals surface area contributed by atoms with Crippen LogP contribution < -0.4 is 4.74 Å². The van der Waals surface area contributed by atoms with Gasteiger partial charge < -0.3 is 14.6 Å². The lowest BCUT2D eigenvalue weighted by atomic mass is 9.77. The summed E-state index contributed by atoms with van der Waals surface area (Å²) in [5.74, 6) is -0.0456. The third kappa shape index (κ3) is 1.82. The Bertz CT molecular complexity index is 515. The van der Waals surface area contributed by atoms with E-state index in [4.69, 9.17) is 9.47 Å². The highest BCUT2D eigenvalue weighted by Crippen LogP contribution is 2.46. The van der Waals surface area contributed by atoms with Crippen molar-refractivity contribution in [2.45, 2.75) is 44.3 Å². The highest BCUT2D eigenvalue weighted by Gasteiger charge is 2.45. The highest BCUT2D eigenvalue weighted by atomic mass is 16.5. The summed E-state index contributed by atoms with van der Waals surface area (Å²) in [4.78, 5) is 11.8. The van der Waals surface area contributed by atoms with Crippen LogP contribution in [0.15, 0.2) is 12.1 Å². The number of fused-ring (bicyclic) bond motifs is 1. The van der Waals surface area contributed by atoms with Crippen molar-refractivity contribution in [1.29, 1.82) is 0 Å². The van der Waals surface area contributed by atoms with Gasteiger partial charge in [0.1, 0.15) is 5.75 Å². The van der Waals surface area contributed by atoms with Crippen molar-refractivity contribution in [3.05, 3.63) is 28.8 Å². The van der Waals surface area contributed by atoms with Crippen molar-refractivity contribution >= 4 is 5.97 Å². The molecule has 0 saturated heterocycles. The predicted octanol–water partition coefficient (Wildman–Crippen LogP) is 2.62. The molecule has 4 nitrogen and oxygen atoms in total. The molecule has 3 rings (SSSR count). The van der Waals surface area contributed by atoms with Crippen LogP contribution in [0, 0.1) is 0 Å². The molecule has 0 aromatic heterocycles. The number of methoxy groups -OCH3 is 1. The summed E-state index contributed by atoms with van der Waals surface area (Å²) in [7, 11) is 1.60. The van der Waals surface area contributed by atoms with Crippen LogP contribution in [0.5, 0.6) is 5.75 Å². The fraction of sp³-hybridized carbons (Fsp3) is 0.533. The van der Waals surface area contributed by atoms with E-state index in [0.29, 0.717) is 31.8 Å². The maximum atomic E-state index is 11.8. The molecule has 0 radical (unpaired) electrons. The van der Waals surface area contributed by atoms with Crippen LogP contribution in [0.4, 0.5) is 0 Å². The van der Waals surface area contributed by atoms with Gasteiger partial charge in [-0.3, -0.25) is 4.79 Å². The quantitative estimate of drug-likeness (QED) is 0.909. The first-order valence-electron chi connectivity index (χ1n) is 6.69. The first-order chi connectivity index (χ1) is 9.17. The Balaban J connectivity index is 2.15. The first-order valence-corrected chi connectivity index (χ1v) is 6.69. The molecular weight excluding hydrogens is 244 g/mol. The van der Waals surface area contributed by atoms with E-state index in [-0.39, 0.29) is 0 Å². The van der Waals surface area contributed by atoms with Gasteiger partial charge in [-0.05, 0) is 36.1 Å². The van der Waals surface area contributed by atoms with Gasteiger partial charge in [0.2, 0.25) is 0 Å². The summed E-state index contributed by atoms with van der Waals surface area (Å²) < 4.78 is 10.9. The Morgan fingerprint density at radius 2 is 1.89 bits per heavy atom. The third-order valence-electron chi connectivity index (χ3n) is 4.42. The van der Waals surface area contributed by atoms with E-state index in [0.717, 1.165) is 29.5 Å². The zero-order valence-electron chi connectivity index (χ0n) is 11.1. The van der Waals surface area contributed by atoms with E-state index < -0.39 is 11.4 Å². The molecule has 0 amide bonds. The summed E-state index contributed by atoms with van der Waals surface area (Å²) in [6.07, 6.45) is 3.31. The van der Waals surface area contributed by atoms with Gasteiger partial charge in [0.05, 0.1) is 25.7 Å². The Morgan fingerprint density at radius 1 is 1.26 bits per heavy atom. The molecular formula is C15H18O4. The van der Waals surface area contributed by atoms with Crippen LogP contribution in [0.2, 0.25) is 0 Å². The van der Waals surface area contributed by atoms with Gasteiger partial charge in [-0.25, -0.2) is 0 Å². The lowest BCUT2D eigenvalue weighted by Crippen LogP contribution is -2.33. The van der Waals surface area contributed by atoms with E-state index >= 15 is 0 Å². The maximum absolute atomic E-state index is 11.8. The summed E-state index contributed by atoms with van der Waals surface area (Å²) in [6.45, 7) is 1.16. The Labute approximate surface area is 112 Å². The predicted molar refractivity (Wildman–Crippen MR) is 69.3 cm³/mol. The first kappa shape index (κ1) is 12.5. The highest BCUT2D eigenvalue weighted by molar-refractivity contribution is 5.83. The molecule has 2 aliphatic rings. The van der Waals surface area contributed by atoms with Crippen LogP contribution >= 0.6 is 0 Å². The SMILES string of the molecule is COc1cc2c(cc1C1(C(=O)O)CCCC1)COC2. The molecule has 1 aromatic rings. The minimum absolute atomic E-state index is 0.571. The Kier molecular flexibility index (Phi) is 2.97. The van der Waals surface area contributed by atoms with Gasteiger partial charge >= 0.3 is 5.97 Å². The van der Waals surface area contributed by atoms with Gasteiger partial charge in [-0.2, -0.15) is 0 Å². The molecule has 1 aliphatic carbocycles. The zero-order chi connectivity index (χ0) is 13.5. The van der Waals surface area contributed by atoms with E-state index in [2.05, 4.69) is 0 Å². The van der Waals surface area contributed by atoms with Crippen molar-refractivity contribution in [1.82, 2.24) is 0 Å². The van der Waals surface area contributed by atoms with Crippen LogP contribution in [0.1, 0.15) is 42.4 Å². The van der Waals surface area contributed by atoms with E-state index in [1.807, 2.05) is 12.1 Å². The third-order valence-corrected chi connectivity index (χ3v) is 4.42. The fourth-order valence-corrected chi connectivity index (χ4v) is 3.33. The minimum atomic E-state index is -0.775. The number of carboxylic acids is 1. The number of carboxylic acid groups (broad SMARTS) is 1. The average Bonchev–Trinajstić information content (AvgIpc) is 3.06. The normalized spacial score (nSPS) is 20.3. The smallest absolute Gasteiger partial charge is 0.314 e. The molecule has 0 spiro atoms. The fourth-order valence-electron chi connectivity index (χ4n) is 3.33. The lowest BCUT2D eigenvalue weighted by Gasteiger charge is -2.27. The van der Waals surface area contributed by atoms with Crippen LogP contribution in [-0.4, -0.2) is 18.2 Å². The molecule has 102 valence electrons. The lowest BCUT2D eigenvalue weighted by molar-refractivity contribution is -0.143. The summed E-state index contributed by atoms with van der Waals surface area (Å²) in [5.41, 5.74) is 2.26. The number of hydrogen-bond acceptors (Lipinski definition) is 3. The summed E-state index contributed by atoms with van der Waals surface area (Å²) >= 11 is 0. The van der Waals surface area contributed by atoms with Gasteiger partial charge in [0.15, 0.2) is 0 Å². The number of ether oxygens (including phenoxy) is 2. The van der Waals surface area contributed by atoms with Crippen molar-refractivity contribution in [2.24, 2.45) is 0 Å². The zero-order valence-corrected chi connectivity index (χ0v) is 11.1. The Morgan fingerprint density at radius 3 is 2.47 bits per heavy atom. The summed E-state index contributed by atoms with van der Waals surface area (Å²) in [5, 5.41) is 9.70. The average molecular weight is 262 g/mol. The van der Waals surface area contributed by atoms with Crippen molar-refractivity contribution in [3.63, 3.8) is 0 Å². The van der Waals surface area contributed by atoms with Crippen molar-refractivity contribution in [2.75, 3.05) is 7.11 Å². The molecule has 0 bridgehead atoms. The largest absolute Gasteiger partial charge is 0.496 e. The number of carbonyl (C=O) groups is 1. The van der Waals surface area contributed by atoms with Gasteiger partial charge in [-0.15, -0.1) is 0 Å². The number of benzene rings is 1. The second-order valence-electron chi connectivity index (χ2n) is 5.41. The summed E-state index contributed by atoms with van der Waals surface area (Å²) in [6, 6.07) is 3.93. The second kappa shape index (κ2) is 4.53. The maximum Gasteiger partial charge on any atom is 0.314 e. The van der Waals surface area contributed by atoms with Gasteiger partial charge in [0.25, 0.3) is 0 Å². The van der Waals surface area contributed by atoms with Gasteiger partial charge in [0, 0.05) is 5.56 Å². The van der Waals surface area contributed by atoms with Crippen LogP contribution in [-0.2, 0) is 28.2 Å². The molecule has 0 atom stereocenters. The number of rotatable bonds is 3. The number of aliphatic carboxylic acids is 1. The van der Waals surface area contributed by atoms with Crippen LogP contribution in [0.25, 0.3) is 0 Å². The molecule has 1 N–H and O–H groups in total. The molecule has 19 heavy (non-hydrogen) atoms. The van der Waals surface area contributed by atoms with Crippen molar-refractivity contribution in [3.8, 4) is 5.75 Å². The van der Waals surface area contributed by atoms with Crippen molar-refractivity contribution < 1.29 is 19.4 Å². The molecule has 1 heterocycles. The van der Waals surface area contributed by atoms with Gasteiger partial charge in [-0.1, -0.05) is 12.8 Å². The van der Waals surface area contributed by atoms with E-state index in [9.17, 15) is 9.90 Å². The van der Waals surface area contributed by atoms with Crippen LogP contribution in [0.3, 0.4) is 0 Å². The Hall–Kier alpha value is -1.55. The van der Waals surface area contributed by atoms with E-state index in [1.54, 1.807) is 7.11 Å². The molecule has 1 saturated carbocycles. The molecule has 1 fully saturated rings. The molecule has 1 aromatic carbocycles. The topological polar surface area (TPSA) is 55.8 Å². The number of hydrogen-bond donors (Lipinski definition) is 1. The molecule has 1 aliphatic heterocycles.